The van der Waals surface area contributed by atoms with Crippen molar-refractivity contribution in [3.63, 3.8) is 0 Å². The van der Waals surface area contributed by atoms with Gasteiger partial charge >= 0.3 is 5.97 Å². The number of carboxylic acids is 1. The molecular weight excluding hydrogens is 398 g/mol. The molecule has 4 rings (SSSR count). The number of halogens is 1. The normalized spacial score (nSPS) is 15.5. The Bertz CT molecular complexity index is 1130. The Balaban J connectivity index is 1.92. The molecule has 28 heavy (non-hydrogen) atoms. The van der Waals surface area contributed by atoms with Crippen LogP contribution in [0, 0.1) is 0 Å². The summed E-state index contributed by atoms with van der Waals surface area (Å²) >= 11 is 5.95. The first-order chi connectivity index (χ1) is 13.5. The number of amides is 1. The molecule has 1 heterocycles. The molecule has 5 nitrogen and oxygen atoms in total. The fourth-order valence-electron chi connectivity index (χ4n) is 3.13. The summed E-state index contributed by atoms with van der Waals surface area (Å²) in [7, 11) is -1.61. The number of aromatic carboxylic acids is 1. The Hall–Kier alpha value is -2.96. The van der Waals surface area contributed by atoms with Crippen LogP contribution in [0.3, 0.4) is 0 Å². The zero-order valence-electron chi connectivity index (χ0n) is 14.5. The maximum absolute atomic E-state index is 13.3. The highest BCUT2D eigenvalue weighted by molar-refractivity contribution is 7.85. The van der Waals surface area contributed by atoms with E-state index in [1.165, 1.54) is 23.1 Å². The van der Waals surface area contributed by atoms with Crippen LogP contribution < -0.4 is 4.90 Å². The Kier molecular flexibility index (Phi) is 4.75. The molecular formula is C21H14ClNO4S. The van der Waals surface area contributed by atoms with Gasteiger partial charge in [0.1, 0.15) is 0 Å². The van der Waals surface area contributed by atoms with Gasteiger partial charge in [-0.15, -0.1) is 0 Å². The lowest BCUT2D eigenvalue weighted by Gasteiger charge is -2.23. The van der Waals surface area contributed by atoms with E-state index in [1.807, 2.05) is 0 Å². The number of benzene rings is 3. The Labute approximate surface area is 168 Å². The minimum absolute atomic E-state index is 0.0237. The highest BCUT2D eigenvalue weighted by Crippen LogP contribution is 2.36. The molecule has 7 heteroatoms. The number of carboxylic acid groups (broad SMARTS) is 1. The first kappa shape index (κ1) is 18.4. The fourth-order valence-corrected chi connectivity index (χ4v) is 4.60. The van der Waals surface area contributed by atoms with E-state index in [2.05, 4.69) is 0 Å². The van der Waals surface area contributed by atoms with E-state index in [0.717, 1.165) is 5.56 Å². The van der Waals surface area contributed by atoms with Crippen molar-refractivity contribution in [2.45, 2.75) is 16.3 Å². The second-order valence-electron chi connectivity index (χ2n) is 6.27. The number of fused-ring (bicyclic) bond motifs is 2. The smallest absolute Gasteiger partial charge is 0.335 e. The fraction of sp³-hybridized carbons (Fsp3) is 0.0476. The maximum Gasteiger partial charge on any atom is 0.335 e. The molecule has 0 saturated carbocycles. The van der Waals surface area contributed by atoms with Gasteiger partial charge in [0.2, 0.25) is 0 Å². The standard InChI is InChI=1S/C21H14ClNO4S/c22-15-8-5-13(6-9-15)12-23-17-11-14(21(25)26)7-10-19(17)28(27)18-4-2-1-3-16(18)20(23)24/h1-11H,12H2,(H,25,26). The Morgan fingerprint density at radius 3 is 2.43 bits per heavy atom. The maximum atomic E-state index is 13.3. The summed E-state index contributed by atoms with van der Waals surface area (Å²) in [6, 6.07) is 18.1. The van der Waals surface area contributed by atoms with Crippen molar-refractivity contribution in [2.24, 2.45) is 0 Å². The summed E-state index contributed by atoms with van der Waals surface area (Å²) in [6.07, 6.45) is 0. The summed E-state index contributed by atoms with van der Waals surface area (Å²) in [4.78, 5) is 27.1. The average Bonchev–Trinajstić information content (AvgIpc) is 2.79. The van der Waals surface area contributed by atoms with E-state index in [4.69, 9.17) is 11.6 Å². The monoisotopic (exact) mass is 411 g/mol. The number of hydrogen-bond donors (Lipinski definition) is 1. The summed E-state index contributed by atoms with van der Waals surface area (Å²) < 4.78 is 13.2. The van der Waals surface area contributed by atoms with Crippen LogP contribution in [0.2, 0.25) is 5.02 Å². The van der Waals surface area contributed by atoms with Gasteiger partial charge in [-0.25, -0.2) is 9.00 Å². The number of nitrogens with zero attached hydrogens (tertiary/aromatic N) is 1. The molecule has 140 valence electrons. The molecule has 0 fully saturated rings. The third kappa shape index (κ3) is 3.21. The molecule has 1 aliphatic heterocycles. The lowest BCUT2D eigenvalue weighted by Crippen LogP contribution is -2.30. The van der Waals surface area contributed by atoms with Crippen LogP contribution in [0.15, 0.2) is 76.5 Å². The van der Waals surface area contributed by atoms with E-state index < -0.39 is 16.8 Å². The van der Waals surface area contributed by atoms with Crippen molar-refractivity contribution < 1.29 is 18.9 Å². The largest absolute Gasteiger partial charge is 0.478 e. The van der Waals surface area contributed by atoms with Crippen molar-refractivity contribution in [3.8, 4) is 0 Å². The topological polar surface area (TPSA) is 74.7 Å². The molecule has 0 aromatic heterocycles. The zero-order chi connectivity index (χ0) is 19.8. The quantitative estimate of drug-likeness (QED) is 0.694. The molecule has 1 atom stereocenters. The van der Waals surface area contributed by atoms with Crippen LogP contribution >= 0.6 is 11.6 Å². The predicted molar refractivity (Wildman–Crippen MR) is 106 cm³/mol. The van der Waals surface area contributed by atoms with Gasteiger partial charge in [-0.3, -0.25) is 4.79 Å². The van der Waals surface area contributed by atoms with E-state index >= 15 is 0 Å². The Morgan fingerprint density at radius 1 is 1.00 bits per heavy atom. The molecule has 3 aromatic rings. The highest BCUT2D eigenvalue weighted by atomic mass is 35.5. The van der Waals surface area contributed by atoms with E-state index in [1.54, 1.807) is 48.5 Å². The van der Waals surface area contributed by atoms with Gasteiger partial charge in [-0.05, 0) is 48.0 Å². The second kappa shape index (κ2) is 7.22. The number of hydrogen-bond acceptors (Lipinski definition) is 3. The third-order valence-electron chi connectivity index (χ3n) is 4.51. The van der Waals surface area contributed by atoms with E-state index in [0.29, 0.717) is 26.1 Å². The first-order valence-electron chi connectivity index (χ1n) is 8.40. The van der Waals surface area contributed by atoms with E-state index in [9.17, 15) is 18.9 Å². The van der Waals surface area contributed by atoms with Crippen molar-refractivity contribution in [1.82, 2.24) is 0 Å². The van der Waals surface area contributed by atoms with Gasteiger partial charge in [-0.1, -0.05) is 35.9 Å². The first-order valence-corrected chi connectivity index (χ1v) is 9.93. The lowest BCUT2D eigenvalue weighted by atomic mass is 10.1. The SMILES string of the molecule is O=C(O)c1ccc2c(c1)N(Cc1ccc(Cl)cc1)C(=O)c1ccccc1S2=O. The molecule has 1 unspecified atom stereocenters. The molecule has 0 aliphatic carbocycles. The van der Waals surface area contributed by atoms with Crippen LogP contribution in [0.1, 0.15) is 26.3 Å². The molecule has 1 amide bonds. The average molecular weight is 412 g/mol. The Morgan fingerprint density at radius 2 is 1.71 bits per heavy atom. The van der Waals surface area contributed by atoms with Gasteiger partial charge in [0.25, 0.3) is 5.91 Å². The molecule has 1 N–H and O–H groups in total. The van der Waals surface area contributed by atoms with Crippen LogP contribution in [-0.4, -0.2) is 21.2 Å². The van der Waals surface area contributed by atoms with Crippen LogP contribution in [0.4, 0.5) is 5.69 Å². The van der Waals surface area contributed by atoms with Crippen LogP contribution in [0.25, 0.3) is 0 Å². The molecule has 1 aliphatic rings. The summed E-state index contributed by atoms with van der Waals surface area (Å²) in [6.45, 7) is 0.192. The number of rotatable bonds is 3. The number of anilines is 1. The minimum atomic E-state index is -1.61. The molecule has 0 radical (unpaired) electrons. The van der Waals surface area contributed by atoms with Gasteiger partial charge < -0.3 is 10.0 Å². The summed E-state index contributed by atoms with van der Waals surface area (Å²) in [5, 5.41) is 9.95. The van der Waals surface area contributed by atoms with Gasteiger partial charge in [0.15, 0.2) is 0 Å². The minimum Gasteiger partial charge on any atom is -0.478 e. The molecule has 3 aromatic carbocycles. The van der Waals surface area contributed by atoms with Gasteiger partial charge in [-0.2, -0.15) is 0 Å². The summed E-state index contributed by atoms with van der Waals surface area (Å²) in [5.74, 6) is -1.45. The van der Waals surface area contributed by atoms with Crippen molar-refractivity contribution in [2.75, 3.05) is 4.90 Å². The highest BCUT2D eigenvalue weighted by Gasteiger charge is 2.31. The van der Waals surface area contributed by atoms with Crippen molar-refractivity contribution in [1.29, 1.82) is 0 Å². The number of carbonyl (C=O) groups excluding carboxylic acids is 1. The number of carbonyl (C=O) groups is 2. The third-order valence-corrected chi connectivity index (χ3v) is 6.26. The second-order valence-corrected chi connectivity index (χ2v) is 8.12. The van der Waals surface area contributed by atoms with Gasteiger partial charge in [0, 0.05) is 5.02 Å². The predicted octanol–water partition coefficient (Wildman–Crippen LogP) is 4.37. The molecule has 0 saturated heterocycles. The zero-order valence-corrected chi connectivity index (χ0v) is 16.0. The van der Waals surface area contributed by atoms with Gasteiger partial charge in [0.05, 0.1) is 43.9 Å². The van der Waals surface area contributed by atoms with Crippen LogP contribution in [-0.2, 0) is 17.3 Å². The molecule has 0 spiro atoms. The molecule has 0 bridgehead atoms. The van der Waals surface area contributed by atoms with Crippen molar-refractivity contribution in [3.05, 3.63) is 88.4 Å². The lowest BCUT2D eigenvalue weighted by molar-refractivity contribution is 0.0696. The van der Waals surface area contributed by atoms with E-state index in [-0.39, 0.29) is 18.0 Å². The summed E-state index contributed by atoms with van der Waals surface area (Å²) in [5.41, 5.74) is 1.50. The van der Waals surface area contributed by atoms with Crippen LogP contribution in [0.5, 0.6) is 0 Å². The van der Waals surface area contributed by atoms with Crippen molar-refractivity contribution >= 4 is 40.0 Å².